The molecule has 0 aliphatic heterocycles. The van der Waals surface area contributed by atoms with Gasteiger partial charge < -0.3 is 10.6 Å². The number of carboxylic acids is 1. The number of nitrogens with zero attached hydrogens (tertiary/aromatic N) is 2. The van der Waals surface area contributed by atoms with Gasteiger partial charge in [-0.1, -0.05) is 11.6 Å². The lowest BCUT2D eigenvalue weighted by Gasteiger charge is -2.01. The minimum Gasteiger partial charge on any atom is -0.472 e. The molecule has 1 N–H and O–H groups in total. The molecule has 0 bridgehead atoms. The van der Waals surface area contributed by atoms with Crippen molar-refractivity contribution in [2.24, 2.45) is 0 Å². The van der Waals surface area contributed by atoms with Gasteiger partial charge in [-0.25, -0.2) is 13.2 Å². The maximum absolute atomic E-state index is 11.3. The molecule has 0 saturated carbocycles. The van der Waals surface area contributed by atoms with Gasteiger partial charge in [0.2, 0.25) is 0 Å². The monoisotopic (exact) mass is 274 g/mol. The second kappa shape index (κ2) is 4.67. The van der Waals surface area contributed by atoms with Crippen LogP contribution in [0.5, 0.6) is 0 Å². The molecule has 0 unspecified atom stereocenters. The topological polar surface area (TPSA) is 108 Å². The Bertz CT molecular complexity index is 632. The van der Waals surface area contributed by atoms with Crippen LogP contribution in [0, 0.1) is 0 Å². The van der Waals surface area contributed by atoms with Crippen LogP contribution in [0.4, 0.5) is 0 Å². The van der Waals surface area contributed by atoms with Crippen molar-refractivity contribution in [3.05, 3.63) is 34.3 Å². The Hall–Kier alpha value is -1.69. The Balaban J connectivity index is 3.42. The molecule has 1 rings (SSSR count). The Labute approximate surface area is 102 Å². The number of carboxylic acid groups (broad SMARTS) is 1. The minimum absolute atomic E-state index is 0.0115. The van der Waals surface area contributed by atoms with Gasteiger partial charge in [-0.15, -0.1) is 0 Å². The predicted molar refractivity (Wildman–Crippen MR) is 59.9 cm³/mol. The second-order valence-electron chi connectivity index (χ2n) is 3.17. The summed E-state index contributed by atoms with van der Waals surface area (Å²) in [4.78, 5) is 13.2. The number of sulfone groups is 1. The van der Waals surface area contributed by atoms with E-state index in [-0.39, 0.29) is 15.5 Å². The van der Waals surface area contributed by atoms with Gasteiger partial charge in [0.15, 0.2) is 9.84 Å². The zero-order valence-corrected chi connectivity index (χ0v) is 10.2. The SMILES string of the molecule is CS(=O)(=O)c1ccc(C(=[N+]=[N-])C(=O)O)cc1Cl. The van der Waals surface area contributed by atoms with Gasteiger partial charge >= 0.3 is 11.7 Å². The average Bonchev–Trinajstić information content (AvgIpc) is 2.15. The molecule has 0 aliphatic carbocycles. The van der Waals surface area contributed by atoms with Crippen molar-refractivity contribution in [1.29, 1.82) is 0 Å². The number of aliphatic carboxylic acids is 1. The molecule has 0 fully saturated rings. The largest absolute Gasteiger partial charge is 0.472 e. The molecule has 6 nitrogen and oxygen atoms in total. The van der Waals surface area contributed by atoms with Crippen molar-refractivity contribution in [2.75, 3.05) is 6.26 Å². The molecule has 0 aromatic heterocycles. The highest BCUT2D eigenvalue weighted by Gasteiger charge is 2.23. The molecule has 0 atom stereocenters. The van der Waals surface area contributed by atoms with Crippen LogP contribution < -0.4 is 0 Å². The number of carbonyl (C=O) groups is 1. The molecule has 0 saturated heterocycles. The molecular formula is C9H7ClN2O4S. The first kappa shape index (κ1) is 13.4. The normalized spacial score (nSPS) is 10.7. The first-order chi connectivity index (χ1) is 7.77. The lowest BCUT2D eigenvalue weighted by atomic mass is 10.1. The molecule has 0 radical (unpaired) electrons. The quantitative estimate of drug-likeness (QED) is 0.500. The van der Waals surface area contributed by atoms with Crippen molar-refractivity contribution in [2.45, 2.75) is 4.90 Å². The molecule has 8 heteroatoms. The minimum atomic E-state index is -3.48. The summed E-state index contributed by atoms with van der Waals surface area (Å²) in [6, 6.07) is 3.47. The molecule has 0 amide bonds. The molecular weight excluding hydrogens is 268 g/mol. The Morgan fingerprint density at radius 1 is 1.47 bits per heavy atom. The number of halogens is 1. The van der Waals surface area contributed by atoms with Gasteiger partial charge in [-0.3, -0.25) is 0 Å². The first-order valence-corrected chi connectivity index (χ1v) is 6.49. The fourth-order valence-corrected chi connectivity index (χ4v) is 2.50. The van der Waals surface area contributed by atoms with Gasteiger partial charge in [0.25, 0.3) is 0 Å². The van der Waals surface area contributed by atoms with Crippen molar-refractivity contribution in [1.82, 2.24) is 0 Å². The summed E-state index contributed by atoms with van der Waals surface area (Å²) in [5, 5.41) is 8.56. The first-order valence-electron chi connectivity index (χ1n) is 4.22. The summed E-state index contributed by atoms with van der Waals surface area (Å²) in [7, 11) is -3.48. The molecule has 1 aromatic carbocycles. The second-order valence-corrected chi connectivity index (χ2v) is 5.56. The maximum atomic E-state index is 11.3. The van der Waals surface area contributed by atoms with Gasteiger partial charge in [-0.2, -0.15) is 4.79 Å². The van der Waals surface area contributed by atoms with E-state index < -0.39 is 21.5 Å². The van der Waals surface area contributed by atoms with E-state index in [4.69, 9.17) is 22.2 Å². The zero-order chi connectivity index (χ0) is 13.2. The summed E-state index contributed by atoms with van der Waals surface area (Å²) < 4.78 is 22.5. The Morgan fingerprint density at radius 3 is 2.41 bits per heavy atom. The van der Waals surface area contributed by atoms with Crippen LogP contribution in [-0.4, -0.2) is 36.3 Å². The van der Waals surface area contributed by atoms with Gasteiger partial charge in [-0.05, 0) is 18.2 Å². The fourth-order valence-electron chi connectivity index (χ4n) is 1.17. The highest BCUT2D eigenvalue weighted by atomic mass is 35.5. The number of hydrogen-bond acceptors (Lipinski definition) is 3. The van der Waals surface area contributed by atoms with Crippen molar-refractivity contribution >= 4 is 33.1 Å². The van der Waals surface area contributed by atoms with Crippen molar-refractivity contribution < 1.29 is 23.1 Å². The lowest BCUT2D eigenvalue weighted by molar-refractivity contribution is -0.133. The molecule has 17 heavy (non-hydrogen) atoms. The van der Waals surface area contributed by atoms with E-state index in [0.29, 0.717) is 0 Å². The van der Waals surface area contributed by atoms with Crippen molar-refractivity contribution in [3.63, 3.8) is 0 Å². The summed E-state index contributed by atoms with van der Waals surface area (Å²) in [5.74, 6) is -1.45. The Morgan fingerprint density at radius 2 is 2.06 bits per heavy atom. The van der Waals surface area contributed by atoms with Crippen LogP contribution in [0.1, 0.15) is 5.56 Å². The molecule has 90 valence electrons. The number of hydrogen-bond donors (Lipinski definition) is 1. The van der Waals surface area contributed by atoms with E-state index in [9.17, 15) is 13.2 Å². The lowest BCUT2D eigenvalue weighted by Crippen LogP contribution is -2.15. The fraction of sp³-hybridized carbons (Fsp3) is 0.111. The van der Waals surface area contributed by atoms with Crippen LogP contribution in [0.25, 0.3) is 5.53 Å². The van der Waals surface area contributed by atoms with Gasteiger partial charge in [0, 0.05) is 6.26 Å². The van der Waals surface area contributed by atoms with Gasteiger partial charge in [0.1, 0.15) is 0 Å². The van der Waals surface area contributed by atoms with E-state index in [2.05, 4.69) is 4.79 Å². The highest BCUT2D eigenvalue weighted by molar-refractivity contribution is 7.90. The van der Waals surface area contributed by atoms with Crippen LogP contribution >= 0.6 is 11.6 Å². The van der Waals surface area contributed by atoms with E-state index in [1.165, 1.54) is 6.07 Å². The van der Waals surface area contributed by atoms with E-state index >= 15 is 0 Å². The van der Waals surface area contributed by atoms with Crippen LogP contribution in [0.15, 0.2) is 23.1 Å². The van der Waals surface area contributed by atoms with Gasteiger partial charge in [0.05, 0.1) is 15.5 Å². The third-order valence-electron chi connectivity index (χ3n) is 1.91. The molecule has 0 spiro atoms. The maximum Gasteiger partial charge on any atom is 0.419 e. The van der Waals surface area contributed by atoms with E-state index in [1.54, 1.807) is 0 Å². The smallest absolute Gasteiger partial charge is 0.419 e. The van der Waals surface area contributed by atoms with Crippen LogP contribution in [0.2, 0.25) is 5.02 Å². The highest BCUT2D eigenvalue weighted by Crippen LogP contribution is 2.22. The molecule has 1 aromatic rings. The van der Waals surface area contributed by atoms with Crippen LogP contribution in [0.3, 0.4) is 0 Å². The third kappa shape index (κ3) is 2.91. The third-order valence-corrected chi connectivity index (χ3v) is 3.49. The summed E-state index contributed by atoms with van der Waals surface area (Å²) in [6.07, 6.45) is 0.978. The van der Waals surface area contributed by atoms with E-state index in [0.717, 1.165) is 18.4 Å². The summed E-state index contributed by atoms with van der Waals surface area (Å²) >= 11 is 5.71. The zero-order valence-electron chi connectivity index (χ0n) is 8.58. The number of benzene rings is 1. The molecule has 0 heterocycles. The van der Waals surface area contributed by atoms with E-state index in [1.807, 2.05) is 0 Å². The van der Waals surface area contributed by atoms with Crippen molar-refractivity contribution in [3.8, 4) is 0 Å². The van der Waals surface area contributed by atoms with Crippen LogP contribution in [-0.2, 0) is 14.6 Å². The summed E-state index contributed by atoms with van der Waals surface area (Å²) in [6.45, 7) is 0. The summed E-state index contributed by atoms with van der Waals surface area (Å²) in [5.41, 5.74) is 7.91. The average molecular weight is 275 g/mol. The number of rotatable bonds is 3. The Kier molecular flexibility index (Phi) is 3.67. The molecule has 0 aliphatic rings. The standard InChI is InChI=1S/C9H7ClN2O4S/c1-17(15,16)7-3-2-5(4-6(7)10)8(12-11)9(13)14/h2-4H,1H3,(H,13,14). The predicted octanol–water partition coefficient (Wildman–Crippen LogP) is 0.847.